The van der Waals surface area contributed by atoms with Crippen LogP contribution in [0.3, 0.4) is 0 Å². The lowest BCUT2D eigenvalue weighted by Gasteiger charge is -2.05. The van der Waals surface area contributed by atoms with Crippen LogP contribution in [0.15, 0.2) is 31.9 Å². The number of aromatic nitrogens is 2. The van der Waals surface area contributed by atoms with Crippen molar-refractivity contribution < 1.29 is 14.3 Å². The van der Waals surface area contributed by atoms with Crippen LogP contribution in [-0.2, 0) is 14.3 Å². The molecule has 25 heavy (non-hydrogen) atoms. The van der Waals surface area contributed by atoms with Gasteiger partial charge in [-0.3, -0.25) is 14.9 Å². The molecule has 1 aromatic carbocycles. The molecule has 0 aliphatic heterocycles. The lowest BCUT2D eigenvalue weighted by Crippen LogP contribution is -2.13. The molecule has 6 nitrogen and oxygen atoms in total. The summed E-state index contributed by atoms with van der Waals surface area (Å²) in [6.45, 7) is 4.12. The monoisotopic (exact) mass is 461 g/mol. The van der Waals surface area contributed by atoms with Crippen LogP contribution in [-0.4, -0.2) is 40.2 Å². The minimum Gasteiger partial charge on any atom is -0.465 e. The summed E-state index contributed by atoms with van der Waals surface area (Å²) in [5.41, 5.74) is 1.11. The molecule has 0 aliphatic rings. The summed E-state index contributed by atoms with van der Waals surface area (Å²) >= 11 is 7.36. The minimum atomic E-state index is -0.297. The molecule has 1 heterocycles. The number of aryl methyl sites for hydroxylation is 1. The lowest BCUT2D eigenvalue weighted by atomic mass is 10.2. The topological polar surface area (TPSA) is 81.2 Å². The normalized spacial score (nSPS) is 10.5. The Bertz CT molecular complexity index is 755. The number of thioether (sulfide) groups is 2. The van der Waals surface area contributed by atoms with Crippen LogP contribution in [0.2, 0.25) is 0 Å². The fourth-order valence-electron chi connectivity index (χ4n) is 1.72. The smallest absolute Gasteiger partial charge is 0.316 e. The van der Waals surface area contributed by atoms with E-state index in [0.717, 1.165) is 14.9 Å². The van der Waals surface area contributed by atoms with Crippen molar-refractivity contribution in [3.05, 3.63) is 28.2 Å². The third kappa shape index (κ3) is 6.96. The standard InChI is InChI=1S/C15H16BrN3O3S3/c1-3-22-13(21)8-24-15-19-18-14(25-15)17-12(20)7-23-11-5-4-10(16)6-9(11)2/h4-6H,3,7-8H2,1-2H3,(H,17,18,20). The first-order valence-corrected chi connectivity index (χ1v) is 10.9. The number of rotatable bonds is 8. The van der Waals surface area contributed by atoms with E-state index in [2.05, 4.69) is 31.4 Å². The van der Waals surface area contributed by atoms with Gasteiger partial charge in [-0.25, -0.2) is 0 Å². The Balaban J connectivity index is 1.79. The zero-order chi connectivity index (χ0) is 18.2. The molecule has 0 spiro atoms. The molecule has 2 rings (SSSR count). The van der Waals surface area contributed by atoms with Crippen molar-refractivity contribution in [2.75, 3.05) is 23.4 Å². The average Bonchev–Trinajstić information content (AvgIpc) is 3.00. The molecule has 0 saturated carbocycles. The van der Waals surface area contributed by atoms with E-state index in [9.17, 15) is 9.59 Å². The van der Waals surface area contributed by atoms with Crippen molar-refractivity contribution >= 4 is 67.8 Å². The van der Waals surface area contributed by atoms with Crippen LogP contribution in [0.4, 0.5) is 5.13 Å². The number of carbonyl (C=O) groups is 2. The highest BCUT2D eigenvalue weighted by molar-refractivity contribution is 9.10. The van der Waals surface area contributed by atoms with Gasteiger partial charge in [-0.15, -0.1) is 22.0 Å². The third-order valence-corrected chi connectivity index (χ3v) is 6.38. The second-order valence-corrected chi connectivity index (χ2v) is 8.85. The maximum atomic E-state index is 12.0. The van der Waals surface area contributed by atoms with Crippen molar-refractivity contribution in [3.8, 4) is 0 Å². The Morgan fingerprint density at radius 1 is 1.28 bits per heavy atom. The van der Waals surface area contributed by atoms with Gasteiger partial charge in [-0.1, -0.05) is 39.0 Å². The second kappa shape index (κ2) is 10.1. The SMILES string of the molecule is CCOC(=O)CSc1nnc(NC(=O)CSc2ccc(Br)cc2C)s1. The molecule has 0 fully saturated rings. The largest absolute Gasteiger partial charge is 0.465 e. The molecule has 10 heteroatoms. The first-order chi connectivity index (χ1) is 12.0. The van der Waals surface area contributed by atoms with Crippen molar-refractivity contribution in [1.82, 2.24) is 10.2 Å². The molecular weight excluding hydrogens is 446 g/mol. The number of halogens is 1. The molecule has 0 aliphatic carbocycles. The van der Waals surface area contributed by atoms with Gasteiger partial charge < -0.3 is 4.74 Å². The van der Waals surface area contributed by atoms with Crippen molar-refractivity contribution in [3.63, 3.8) is 0 Å². The third-order valence-electron chi connectivity index (χ3n) is 2.77. The molecule has 0 bridgehead atoms. The maximum absolute atomic E-state index is 12.0. The number of nitrogens with one attached hydrogen (secondary N) is 1. The van der Waals surface area contributed by atoms with Gasteiger partial charge in [-0.05, 0) is 37.6 Å². The van der Waals surface area contributed by atoms with E-state index in [1.807, 2.05) is 25.1 Å². The summed E-state index contributed by atoms with van der Waals surface area (Å²) in [4.78, 5) is 24.4. The molecule has 0 saturated heterocycles. The Labute approximate surface area is 166 Å². The van der Waals surface area contributed by atoms with Crippen LogP contribution in [0, 0.1) is 6.92 Å². The number of nitrogens with zero attached hydrogens (tertiary/aromatic N) is 2. The fourth-order valence-corrected chi connectivity index (χ4v) is 4.57. The molecule has 0 unspecified atom stereocenters. The van der Waals surface area contributed by atoms with Gasteiger partial charge in [0.15, 0.2) is 4.34 Å². The summed E-state index contributed by atoms with van der Waals surface area (Å²) in [7, 11) is 0. The zero-order valence-electron chi connectivity index (χ0n) is 13.6. The average molecular weight is 462 g/mol. The minimum absolute atomic E-state index is 0.148. The van der Waals surface area contributed by atoms with E-state index in [-0.39, 0.29) is 23.4 Å². The predicted octanol–water partition coefficient (Wildman–Crippen LogP) is 4.00. The first kappa shape index (κ1) is 20.2. The van der Waals surface area contributed by atoms with Crippen LogP contribution < -0.4 is 5.32 Å². The van der Waals surface area contributed by atoms with E-state index >= 15 is 0 Å². The Morgan fingerprint density at radius 3 is 2.80 bits per heavy atom. The number of amides is 1. The number of ether oxygens (including phenoxy) is 1. The summed E-state index contributed by atoms with van der Waals surface area (Å²) in [6, 6.07) is 5.94. The Morgan fingerprint density at radius 2 is 2.08 bits per heavy atom. The first-order valence-electron chi connectivity index (χ1n) is 7.28. The van der Waals surface area contributed by atoms with Gasteiger partial charge in [0.1, 0.15) is 0 Å². The number of benzene rings is 1. The van der Waals surface area contributed by atoms with Crippen molar-refractivity contribution in [2.24, 2.45) is 0 Å². The number of esters is 1. The number of anilines is 1. The molecule has 1 aromatic heterocycles. The van der Waals surface area contributed by atoms with Gasteiger partial charge in [0.05, 0.1) is 18.1 Å². The number of hydrogen-bond donors (Lipinski definition) is 1. The summed E-state index contributed by atoms with van der Waals surface area (Å²) in [6.07, 6.45) is 0. The van der Waals surface area contributed by atoms with Crippen LogP contribution in [0.25, 0.3) is 0 Å². The van der Waals surface area contributed by atoms with Gasteiger partial charge in [0, 0.05) is 9.37 Å². The highest BCUT2D eigenvalue weighted by Gasteiger charge is 2.11. The van der Waals surface area contributed by atoms with E-state index in [1.54, 1.807) is 6.92 Å². The van der Waals surface area contributed by atoms with Gasteiger partial charge in [-0.2, -0.15) is 0 Å². The van der Waals surface area contributed by atoms with E-state index in [0.29, 0.717) is 16.1 Å². The van der Waals surface area contributed by atoms with E-state index in [1.165, 1.54) is 34.9 Å². The predicted molar refractivity (Wildman–Crippen MR) is 105 cm³/mol. The van der Waals surface area contributed by atoms with E-state index in [4.69, 9.17) is 4.74 Å². The summed E-state index contributed by atoms with van der Waals surface area (Å²) in [5.74, 6) is 0.0163. The van der Waals surface area contributed by atoms with Crippen LogP contribution in [0.5, 0.6) is 0 Å². The molecule has 0 atom stereocenters. The Kier molecular flexibility index (Phi) is 8.20. The highest BCUT2D eigenvalue weighted by Crippen LogP contribution is 2.27. The quantitative estimate of drug-likeness (QED) is 0.361. The molecule has 134 valence electrons. The number of carbonyl (C=O) groups excluding carboxylic acids is 2. The second-order valence-electron chi connectivity index (χ2n) is 4.71. The van der Waals surface area contributed by atoms with Crippen molar-refractivity contribution in [2.45, 2.75) is 23.1 Å². The number of hydrogen-bond acceptors (Lipinski definition) is 8. The molecule has 0 radical (unpaired) electrons. The molecule has 1 N–H and O–H groups in total. The van der Waals surface area contributed by atoms with E-state index < -0.39 is 0 Å². The highest BCUT2D eigenvalue weighted by atomic mass is 79.9. The fraction of sp³-hybridized carbons (Fsp3) is 0.333. The molecule has 1 amide bonds. The molecule has 2 aromatic rings. The van der Waals surface area contributed by atoms with Crippen LogP contribution >= 0.6 is 50.8 Å². The summed E-state index contributed by atoms with van der Waals surface area (Å²) in [5, 5.41) is 11.0. The van der Waals surface area contributed by atoms with Crippen molar-refractivity contribution in [1.29, 1.82) is 0 Å². The van der Waals surface area contributed by atoms with Gasteiger partial charge in [0.2, 0.25) is 11.0 Å². The van der Waals surface area contributed by atoms with Gasteiger partial charge >= 0.3 is 5.97 Å². The van der Waals surface area contributed by atoms with Gasteiger partial charge in [0.25, 0.3) is 0 Å². The Hall–Kier alpha value is -1.10. The zero-order valence-corrected chi connectivity index (χ0v) is 17.6. The lowest BCUT2D eigenvalue weighted by molar-refractivity contribution is -0.139. The van der Waals surface area contributed by atoms with Crippen LogP contribution in [0.1, 0.15) is 12.5 Å². The maximum Gasteiger partial charge on any atom is 0.316 e. The molecular formula is C15H16BrN3O3S3. The summed E-state index contributed by atoms with van der Waals surface area (Å²) < 4.78 is 6.47.